The Hall–Kier alpha value is -3.65. The van der Waals surface area contributed by atoms with Gasteiger partial charge < -0.3 is 10.2 Å². The van der Waals surface area contributed by atoms with E-state index >= 15 is 0 Å². The van der Waals surface area contributed by atoms with Crippen LogP contribution in [0.5, 0.6) is 0 Å². The summed E-state index contributed by atoms with van der Waals surface area (Å²) in [4.78, 5) is 29.1. The highest BCUT2D eigenvalue weighted by Crippen LogP contribution is 2.29. The van der Waals surface area contributed by atoms with Crippen molar-refractivity contribution in [2.24, 2.45) is 0 Å². The molecule has 214 valence electrons. The fourth-order valence-electron chi connectivity index (χ4n) is 4.48. The van der Waals surface area contributed by atoms with Crippen LogP contribution in [-0.2, 0) is 26.2 Å². The second-order valence-electron chi connectivity index (χ2n) is 10.4. The van der Waals surface area contributed by atoms with Crippen LogP contribution in [0.1, 0.15) is 55.9 Å². The Bertz CT molecular complexity index is 1410. The Morgan fingerprint density at radius 1 is 0.850 bits per heavy atom. The third kappa shape index (κ3) is 7.50. The first kappa shape index (κ1) is 30.9. The summed E-state index contributed by atoms with van der Waals surface area (Å²) >= 11 is 0. The molecule has 2 amide bonds. The molecule has 3 rings (SSSR count). The second kappa shape index (κ2) is 13.6. The van der Waals surface area contributed by atoms with Crippen LogP contribution in [0.15, 0.2) is 77.7 Å². The van der Waals surface area contributed by atoms with E-state index in [1.807, 2.05) is 84.0 Å². The lowest BCUT2D eigenvalue weighted by Gasteiger charge is -2.34. The number of hydrogen-bond donors (Lipinski definition) is 1. The summed E-state index contributed by atoms with van der Waals surface area (Å²) in [5, 5.41) is 3.00. The molecule has 1 N–H and O–H groups in total. The van der Waals surface area contributed by atoms with Crippen LogP contribution in [0.4, 0.5) is 5.69 Å². The number of amides is 2. The van der Waals surface area contributed by atoms with Crippen LogP contribution in [0.3, 0.4) is 0 Å². The third-order valence-electron chi connectivity index (χ3n) is 7.10. The van der Waals surface area contributed by atoms with Gasteiger partial charge in [-0.2, -0.15) is 0 Å². The standard InChI is InChI=1S/C32H41N3O4S/c1-7-26(6)33-32(37)29(8-2)34(21-27-12-10-9-11-13-27)31(36)22-35(30-20-24(4)14-17-25(30)5)40(38,39)28-18-15-23(3)16-19-28/h9-20,26,29H,7-8,21-22H2,1-6H3,(H,33,37)/t26-,29-/m1/s1. The lowest BCUT2D eigenvalue weighted by atomic mass is 10.1. The molecule has 0 heterocycles. The van der Waals surface area contributed by atoms with Gasteiger partial charge in [0.2, 0.25) is 11.8 Å². The molecule has 0 fully saturated rings. The molecule has 2 atom stereocenters. The van der Waals surface area contributed by atoms with E-state index in [9.17, 15) is 18.0 Å². The second-order valence-corrected chi connectivity index (χ2v) is 12.2. The van der Waals surface area contributed by atoms with E-state index in [2.05, 4.69) is 5.32 Å². The summed E-state index contributed by atoms with van der Waals surface area (Å²) in [5.74, 6) is -0.701. The van der Waals surface area contributed by atoms with Gasteiger partial charge in [-0.15, -0.1) is 0 Å². The summed E-state index contributed by atoms with van der Waals surface area (Å²) in [6, 6.07) is 20.8. The Labute approximate surface area is 239 Å². The van der Waals surface area contributed by atoms with Crippen molar-refractivity contribution in [1.82, 2.24) is 10.2 Å². The predicted octanol–water partition coefficient (Wildman–Crippen LogP) is 5.53. The number of nitrogens with zero attached hydrogens (tertiary/aromatic N) is 2. The maximum absolute atomic E-state index is 14.2. The van der Waals surface area contributed by atoms with Crippen LogP contribution in [0.2, 0.25) is 0 Å². The maximum Gasteiger partial charge on any atom is 0.264 e. The van der Waals surface area contributed by atoms with Gasteiger partial charge in [0.1, 0.15) is 12.6 Å². The zero-order valence-corrected chi connectivity index (χ0v) is 25.2. The average molecular weight is 564 g/mol. The van der Waals surface area contributed by atoms with Crippen LogP contribution in [-0.4, -0.2) is 43.8 Å². The highest BCUT2D eigenvalue weighted by Gasteiger charge is 2.34. The lowest BCUT2D eigenvalue weighted by molar-refractivity contribution is -0.140. The number of anilines is 1. The molecule has 0 aliphatic heterocycles. The molecule has 0 bridgehead atoms. The smallest absolute Gasteiger partial charge is 0.264 e. The van der Waals surface area contributed by atoms with Crippen molar-refractivity contribution in [2.45, 2.75) is 77.9 Å². The Morgan fingerprint density at radius 2 is 1.48 bits per heavy atom. The maximum atomic E-state index is 14.2. The van der Waals surface area contributed by atoms with Gasteiger partial charge in [0.25, 0.3) is 10.0 Å². The Kier molecular flexibility index (Phi) is 10.5. The van der Waals surface area contributed by atoms with Gasteiger partial charge in [-0.05, 0) is 75.4 Å². The first-order valence-corrected chi connectivity index (χ1v) is 15.2. The molecular weight excluding hydrogens is 522 g/mol. The highest BCUT2D eigenvalue weighted by molar-refractivity contribution is 7.92. The summed E-state index contributed by atoms with van der Waals surface area (Å²) in [6.07, 6.45) is 1.14. The number of benzene rings is 3. The van der Waals surface area contributed by atoms with Crippen molar-refractivity contribution in [2.75, 3.05) is 10.8 Å². The Balaban J connectivity index is 2.09. The minimum Gasteiger partial charge on any atom is -0.352 e. The van der Waals surface area contributed by atoms with Crippen molar-refractivity contribution < 1.29 is 18.0 Å². The van der Waals surface area contributed by atoms with Crippen LogP contribution in [0, 0.1) is 20.8 Å². The predicted molar refractivity (Wildman–Crippen MR) is 161 cm³/mol. The lowest BCUT2D eigenvalue weighted by Crippen LogP contribution is -2.53. The van der Waals surface area contributed by atoms with Gasteiger partial charge >= 0.3 is 0 Å². The molecule has 0 aliphatic carbocycles. The number of carbonyl (C=O) groups is 2. The molecule has 7 nitrogen and oxygen atoms in total. The van der Waals surface area contributed by atoms with Crippen molar-refractivity contribution in [1.29, 1.82) is 0 Å². The van der Waals surface area contributed by atoms with Gasteiger partial charge in [0.15, 0.2) is 0 Å². The summed E-state index contributed by atoms with van der Waals surface area (Å²) in [5.41, 5.74) is 3.82. The molecule has 0 spiro atoms. The Morgan fingerprint density at radius 3 is 2.08 bits per heavy atom. The molecule has 0 aliphatic rings. The number of hydrogen-bond acceptors (Lipinski definition) is 4. The number of rotatable bonds is 12. The number of sulfonamides is 1. The molecule has 3 aromatic carbocycles. The minimum absolute atomic E-state index is 0.0522. The zero-order chi connectivity index (χ0) is 29.4. The molecule has 8 heteroatoms. The number of carbonyl (C=O) groups excluding carboxylic acids is 2. The SMILES string of the molecule is CC[C@@H](C)NC(=O)[C@@H](CC)N(Cc1ccccc1)C(=O)CN(c1cc(C)ccc1C)S(=O)(=O)c1ccc(C)cc1. The van der Waals surface area contributed by atoms with Crippen molar-refractivity contribution >= 4 is 27.5 Å². The molecule has 0 saturated heterocycles. The summed E-state index contributed by atoms with van der Waals surface area (Å²) in [7, 11) is -4.10. The van der Waals surface area contributed by atoms with Crippen LogP contribution in [0.25, 0.3) is 0 Å². The number of aryl methyl sites for hydroxylation is 3. The van der Waals surface area contributed by atoms with E-state index in [4.69, 9.17) is 0 Å². The fraction of sp³-hybridized carbons (Fsp3) is 0.375. The topological polar surface area (TPSA) is 86.8 Å². The molecule has 40 heavy (non-hydrogen) atoms. The van der Waals surface area contributed by atoms with Crippen molar-refractivity contribution in [3.63, 3.8) is 0 Å². The van der Waals surface area contributed by atoms with E-state index in [-0.39, 0.29) is 23.4 Å². The largest absolute Gasteiger partial charge is 0.352 e. The first-order valence-electron chi connectivity index (χ1n) is 13.8. The minimum atomic E-state index is -4.10. The highest BCUT2D eigenvalue weighted by atomic mass is 32.2. The summed E-state index contributed by atoms with van der Waals surface area (Å²) in [6.45, 7) is 11.1. The first-order chi connectivity index (χ1) is 19.0. The van der Waals surface area contributed by atoms with Gasteiger partial charge in [-0.1, -0.05) is 74.0 Å². The van der Waals surface area contributed by atoms with Gasteiger partial charge in [0, 0.05) is 12.6 Å². The van der Waals surface area contributed by atoms with Crippen molar-refractivity contribution in [3.8, 4) is 0 Å². The normalized spacial score (nSPS) is 12.8. The van der Waals surface area contributed by atoms with E-state index in [1.165, 1.54) is 9.21 Å². The van der Waals surface area contributed by atoms with E-state index in [1.54, 1.807) is 30.3 Å². The molecule has 0 aromatic heterocycles. The zero-order valence-electron chi connectivity index (χ0n) is 24.3. The average Bonchev–Trinajstić information content (AvgIpc) is 2.93. The van der Waals surface area contributed by atoms with Crippen molar-refractivity contribution in [3.05, 3.63) is 95.1 Å². The van der Waals surface area contributed by atoms with Gasteiger partial charge in [-0.25, -0.2) is 8.42 Å². The van der Waals surface area contributed by atoms with Gasteiger partial charge in [-0.3, -0.25) is 13.9 Å². The molecular formula is C32H41N3O4S. The fourth-order valence-corrected chi connectivity index (χ4v) is 5.95. The van der Waals surface area contributed by atoms with Crippen LogP contribution >= 0.6 is 0 Å². The molecule has 0 unspecified atom stereocenters. The van der Waals surface area contributed by atoms with E-state index in [0.29, 0.717) is 12.1 Å². The molecule has 0 radical (unpaired) electrons. The van der Waals surface area contributed by atoms with E-state index in [0.717, 1.165) is 28.7 Å². The quantitative estimate of drug-likeness (QED) is 0.314. The summed E-state index contributed by atoms with van der Waals surface area (Å²) < 4.78 is 29.3. The monoisotopic (exact) mass is 563 g/mol. The van der Waals surface area contributed by atoms with Crippen LogP contribution < -0.4 is 9.62 Å². The molecule has 3 aromatic rings. The van der Waals surface area contributed by atoms with E-state index < -0.39 is 28.5 Å². The third-order valence-corrected chi connectivity index (χ3v) is 8.88. The molecule has 0 saturated carbocycles. The van der Waals surface area contributed by atoms with Gasteiger partial charge in [0.05, 0.1) is 10.6 Å². The number of nitrogens with one attached hydrogen (secondary N) is 1.